The van der Waals surface area contributed by atoms with Crippen LogP contribution in [-0.4, -0.2) is 22.6 Å². The average molecular weight is 244 g/mol. The van der Waals surface area contributed by atoms with Crippen LogP contribution in [-0.2, 0) is 7.05 Å². The number of piperidine rings is 1. The van der Waals surface area contributed by atoms with E-state index in [0.717, 1.165) is 17.8 Å². The summed E-state index contributed by atoms with van der Waals surface area (Å²) in [5.74, 6) is 0.685. The van der Waals surface area contributed by atoms with Crippen molar-refractivity contribution in [2.45, 2.75) is 18.8 Å². The monoisotopic (exact) mass is 243 g/mol. The summed E-state index contributed by atoms with van der Waals surface area (Å²) in [6.45, 7) is 2.26. The van der Waals surface area contributed by atoms with E-state index in [-0.39, 0.29) is 0 Å². The first-order valence-electron chi connectivity index (χ1n) is 4.67. The van der Waals surface area contributed by atoms with Crippen molar-refractivity contribution in [2.24, 2.45) is 7.05 Å². The van der Waals surface area contributed by atoms with E-state index >= 15 is 0 Å². The normalized spacial score (nSPS) is 19.2. The zero-order valence-electron chi connectivity index (χ0n) is 7.76. The van der Waals surface area contributed by atoms with Crippen molar-refractivity contribution >= 4 is 15.9 Å². The van der Waals surface area contributed by atoms with Gasteiger partial charge < -0.3 is 9.88 Å². The number of imidazole rings is 1. The van der Waals surface area contributed by atoms with Crippen LogP contribution in [0.1, 0.15) is 24.5 Å². The standard InChI is InChI=1S/C9H14BrN3/c1-13-8(6-12-9(13)10)7-2-4-11-5-3-7/h6-7,11H,2-5H2,1H3. The van der Waals surface area contributed by atoms with Crippen molar-refractivity contribution in [3.8, 4) is 0 Å². The molecule has 1 aromatic heterocycles. The first-order valence-corrected chi connectivity index (χ1v) is 5.46. The molecule has 0 unspecified atom stereocenters. The molecule has 1 saturated heterocycles. The van der Waals surface area contributed by atoms with Gasteiger partial charge >= 0.3 is 0 Å². The van der Waals surface area contributed by atoms with Gasteiger partial charge in [-0.1, -0.05) is 0 Å². The van der Waals surface area contributed by atoms with Gasteiger partial charge in [0.15, 0.2) is 4.73 Å². The predicted molar refractivity (Wildman–Crippen MR) is 55.8 cm³/mol. The van der Waals surface area contributed by atoms with Crippen LogP contribution in [0.4, 0.5) is 0 Å². The second-order valence-corrected chi connectivity index (χ2v) is 4.24. The Labute approximate surface area is 86.7 Å². The Kier molecular flexibility index (Phi) is 2.69. The fourth-order valence-corrected chi connectivity index (χ4v) is 2.20. The molecule has 2 rings (SSSR count). The van der Waals surface area contributed by atoms with Crippen molar-refractivity contribution in [1.29, 1.82) is 0 Å². The van der Waals surface area contributed by atoms with Crippen LogP contribution in [0.3, 0.4) is 0 Å². The van der Waals surface area contributed by atoms with Crippen LogP contribution in [0.15, 0.2) is 10.9 Å². The van der Waals surface area contributed by atoms with E-state index in [2.05, 4.69) is 37.8 Å². The fourth-order valence-electron chi connectivity index (χ4n) is 1.90. The van der Waals surface area contributed by atoms with Crippen LogP contribution < -0.4 is 5.32 Å². The minimum Gasteiger partial charge on any atom is -0.326 e. The maximum Gasteiger partial charge on any atom is 0.177 e. The number of hydrogen-bond donors (Lipinski definition) is 1. The Balaban J connectivity index is 2.18. The molecule has 0 amide bonds. The van der Waals surface area contributed by atoms with Gasteiger partial charge in [-0.15, -0.1) is 0 Å². The third kappa shape index (κ3) is 1.79. The lowest BCUT2D eigenvalue weighted by atomic mass is 9.95. The van der Waals surface area contributed by atoms with Gasteiger partial charge in [0.2, 0.25) is 0 Å². The molecule has 0 radical (unpaired) electrons. The number of nitrogens with one attached hydrogen (secondary N) is 1. The summed E-state index contributed by atoms with van der Waals surface area (Å²) in [4.78, 5) is 4.25. The van der Waals surface area contributed by atoms with E-state index in [1.165, 1.54) is 18.5 Å². The largest absolute Gasteiger partial charge is 0.326 e. The van der Waals surface area contributed by atoms with Gasteiger partial charge in [-0.25, -0.2) is 4.98 Å². The van der Waals surface area contributed by atoms with E-state index < -0.39 is 0 Å². The molecule has 2 heterocycles. The molecular formula is C9H14BrN3. The molecule has 0 spiro atoms. The fraction of sp³-hybridized carbons (Fsp3) is 0.667. The minimum atomic E-state index is 0.685. The molecular weight excluding hydrogens is 230 g/mol. The highest BCUT2D eigenvalue weighted by molar-refractivity contribution is 9.10. The van der Waals surface area contributed by atoms with Crippen LogP contribution in [0, 0.1) is 0 Å². The quantitative estimate of drug-likeness (QED) is 0.814. The lowest BCUT2D eigenvalue weighted by Crippen LogP contribution is -2.27. The molecule has 1 N–H and O–H groups in total. The van der Waals surface area contributed by atoms with Gasteiger partial charge in [0.25, 0.3) is 0 Å². The number of hydrogen-bond acceptors (Lipinski definition) is 2. The first kappa shape index (κ1) is 9.21. The molecule has 1 fully saturated rings. The molecule has 0 atom stereocenters. The number of halogens is 1. The van der Waals surface area contributed by atoms with Crippen molar-refractivity contribution in [3.05, 3.63) is 16.6 Å². The molecule has 0 aromatic carbocycles. The van der Waals surface area contributed by atoms with E-state index in [1.54, 1.807) is 0 Å². The minimum absolute atomic E-state index is 0.685. The van der Waals surface area contributed by atoms with E-state index in [0.29, 0.717) is 5.92 Å². The Hall–Kier alpha value is -0.350. The average Bonchev–Trinajstić information content (AvgIpc) is 2.49. The maximum absolute atomic E-state index is 4.25. The zero-order chi connectivity index (χ0) is 9.26. The molecule has 72 valence electrons. The zero-order valence-corrected chi connectivity index (χ0v) is 9.34. The molecule has 1 aliphatic rings. The predicted octanol–water partition coefficient (Wildman–Crippen LogP) is 1.65. The summed E-state index contributed by atoms with van der Waals surface area (Å²) in [7, 11) is 2.06. The Morgan fingerprint density at radius 2 is 2.23 bits per heavy atom. The smallest absolute Gasteiger partial charge is 0.177 e. The highest BCUT2D eigenvalue weighted by Crippen LogP contribution is 2.26. The van der Waals surface area contributed by atoms with Crippen LogP contribution in [0.5, 0.6) is 0 Å². The topological polar surface area (TPSA) is 29.9 Å². The Bertz CT molecular complexity index is 289. The summed E-state index contributed by atoms with van der Waals surface area (Å²) < 4.78 is 3.07. The molecule has 4 heteroatoms. The summed E-state index contributed by atoms with van der Waals surface area (Å²) >= 11 is 3.42. The van der Waals surface area contributed by atoms with Gasteiger partial charge in [-0.05, 0) is 41.9 Å². The van der Waals surface area contributed by atoms with Gasteiger partial charge in [0.1, 0.15) is 0 Å². The molecule has 0 bridgehead atoms. The summed E-state index contributed by atoms with van der Waals surface area (Å²) in [5.41, 5.74) is 1.35. The third-order valence-corrected chi connectivity index (χ3v) is 3.46. The molecule has 0 saturated carbocycles. The second kappa shape index (κ2) is 3.80. The van der Waals surface area contributed by atoms with Gasteiger partial charge in [0.05, 0.1) is 0 Å². The number of nitrogens with zero attached hydrogens (tertiary/aromatic N) is 2. The van der Waals surface area contributed by atoms with Crippen LogP contribution >= 0.6 is 15.9 Å². The number of aromatic nitrogens is 2. The van der Waals surface area contributed by atoms with Crippen molar-refractivity contribution in [1.82, 2.24) is 14.9 Å². The van der Waals surface area contributed by atoms with Crippen molar-refractivity contribution < 1.29 is 0 Å². The summed E-state index contributed by atoms with van der Waals surface area (Å²) in [5, 5.41) is 3.37. The van der Waals surface area contributed by atoms with E-state index in [4.69, 9.17) is 0 Å². The summed E-state index contributed by atoms with van der Waals surface area (Å²) in [6, 6.07) is 0. The number of rotatable bonds is 1. The van der Waals surface area contributed by atoms with E-state index in [1.807, 2.05) is 6.20 Å². The van der Waals surface area contributed by atoms with Gasteiger partial charge in [0, 0.05) is 24.9 Å². The van der Waals surface area contributed by atoms with E-state index in [9.17, 15) is 0 Å². The molecule has 3 nitrogen and oxygen atoms in total. The Morgan fingerprint density at radius 3 is 2.77 bits per heavy atom. The molecule has 1 aliphatic heterocycles. The van der Waals surface area contributed by atoms with Gasteiger partial charge in [-0.2, -0.15) is 0 Å². The van der Waals surface area contributed by atoms with Crippen molar-refractivity contribution in [3.63, 3.8) is 0 Å². The van der Waals surface area contributed by atoms with Crippen LogP contribution in [0.2, 0.25) is 0 Å². The van der Waals surface area contributed by atoms with Crippen molar-refractivity contribution in [2.75, 3.05) is 13.1 Å². The van der Waals surface area contributed by atoms with Crippen LogP contribution in [0.25, 0.3) is 0 Å². The summed E-state index contributed by atoms with van der Waals surface area (Å²) in [6.07, 6.45) is 4.44. The third-order valence-electron chi connectivity index (χ3n) is 2.72. The maximum atomic E-state index is 4.25. The first-order chi connectivity index (χ1) is 6.29. The molecule has 13 heavy (non-hydrogen) atoms. The van der Waals surface area contributed by atoms with Gasteiger partial charge in [-0.3, -0.25) is 0 Å². The molecule has 0 aliphatic carbocycles. The Morgan fingerprint density at radius 1 is 1.54 bits per heavy atom. The molecule has 1 aromatic rings. The lowest BCUT2D eigenvalue weighted by molar-refractivity contribution is 0.445. The lowest BCUT2D eigenvalue weighted by Gasteiger charge is -2.22. The highest BCUT2D eigenvalue weighted by atomic mass is 79.9. The second-order valence-electron chi connectivity index (χ2n) is 3.54. The SMILES string of the molecule is Cn1c(C2CCNCC2)cnc1Br. The highest BCUT2D eigenvalue weighted by Gasteiger charge is 2.18.